The van der Waals surface area contributed by atoms with Crippen molar-refractivity contribution < 1.29 is 18.3 Å². The molecule has 1 heterocycles. The van der Waals surface area contributed by atoms with Crippen LogP contribution in [0, 0.1) is 6.92 Å². The molecule has 0 aliphatic heterocycles. The van der Waals surface area contributed by atoms with Gasteiger partial charge in [-0.05, 0) is 19.1 Å². The Balaban J connectivity index is 2.95. The smallest absolute Gasteiger partial charge is 0.396 e. The molecule has 84 valence electrons. The highest BCUT2D eigenvalue weighted by molar-refractivity contribution is 7.99. The molecule has 0 spiro atoms. The number of alkyl halides is 3. The Hall–Kier alpha value is -0.750. The summed E-state index contributed by atoms with van der Waals surface area (Å²) in [6, 6.07) is 2.00. The van der Waals surface area contributed by atoms with Crippen LogP contribution in [-0.4, -0.2) is 22.5 Å². The van der Waals surface area contributed by atoms with E-state index in [4.69, 9.17) is 5.11 Å². The molecule has 0 bridgehead atoms. The fourth-order valence-corrected chi connectivity index (χ4v) is 1.75. The molecule has 0 radical (unpaired) electrons. The summed E-state index contributed by atoms with van der Waals surface area (Å²) in [5, 5.41) is 8.84. The first-order valence-corrected chi connectivity index (χ1v) is 5.21. The first kappa shape index (κ1) is 12.3. The number of thioether (sulfide) groups is 1. The standard InChI is InChI=1S/C9H10F3NOS/c1-6-4-7(9(10,11)12)5-8(13-6)15-3-2-14/h4-5,14H,2-3H2,1H3. The molecule has 0 aliphatic carbocycles. The summed E-state index contributed by atoms with van der Waals surface area (Å²) in [4.78, 5) is 3.94. The van der Waals surface area contributed by atoms with E-state index in [-0.39, 0.29) is 11.6 Å². The van der Waals surface area contributed by atoms with Gasteiger partial charge in [-0.15, -0.1) is 11.8 Å². The average molecular weight is 237 g/mol. The Morgan fingerprint density at radius 3 is 2.60 bits per heavy atom. The molecule has 15 heavy (non-hydrogen) atoms. The molecular weight excluding hydrogens is 227 g/mol. The minimum atomic E-state index is -4.35. The van der Waals surface area contributed by atoms with Crippen molar-refractivity contribution in [3.63, 3.8) is 0 Å². The van der Waals surface area contributed by atoms with Crippen molar-refractivity contribution in [2.75, 3.05) is 12.4 Å². The van der Waals surface area contributed by atoms with Crippen molar-refractivity contribution >= 4 is 11.8 Å². The van der Waals surface area contributed by atoms with Gasteiger partial charge in [-0.3, -0.25) is 0 Å². The third-order valence-corrected chi connectivity index (χ3v) is 2.49. The van der Waals surface area contributed by atoms with Crippen LogP contribution in [0.4, 0.5) is 13.2 Å². The zero-order valence-corrected chi connectivity index (χ0v) is 8.82. The lowest BCUT2D eigenvalue weighted by atomic mass is 10.2. The molecule has 1 rings (SSSR count). The van der Waals surface area contributed by atoms with Crippen LogP contribution in [0.25, 0.3) is 0 Å². The summed E-state index contributed by atoms with van der Waals surface area (Å²) in [5.41, 5.74) is -0.374. The number of pyridine rings is 1. The van der Waals surface area contributed by atoms with Gasteiger partial charge < -0.3 is 5.11 Å². The van der Waals surface area contributed by atoms with Crippen LogP contribution in [0.3, 0.4) is 0 Å². The van der Waals surface area contributed by atoms with Crippen molar-refractivity contribution in [3.8, 4) is 0 Å². The summed E-state index contributed by atoms with van der Waals surface area (Å²) in [5.74, 6) is 0.341. The summed E-state index contributed by atoms with van der Waals surface area (Å²) in [7, 11) is 0. The lowest BCUT2D eigenvalue weighted by Crippen LogP contribution is -2.06. The third kappa shape index (κ3) is 3.71. The molecule has 0 aliphatic rings. The van der Waals surface area contributed by atoms with E-state index in [1.165, 1.54) is 6.92 Å². The monoisotopic (exact) mass is 237 g/mol. The maximum atomic E-state index is 12.4. The summed E-state index contributed by atoms with van der Waals surface area (Å²) in [6.45, 7) is 1.43. The van der Waals surface area contributed by atoms with Crippen LogP contribution in [-0.2, 0) is 6.18 Å². The first-order chi connectivity index (χ1) is 6.93. The topological polar surface area (TPSA) is 33.1 Å². The van der Waals surface area contributed by atoms with E-state index in [0.717, 1.165) is 23.9 Å². The Morgan fingerprint density at radius 2 is 2.07 bits per heavy atom. The fraction of sp³-hybridized carbons (Fsp3) is 0.444. The van der Waals surface area contributed by atoms with Gasteiger partial charge in [0.05, 0.1) is 17.2 Å². The number of aromatic nitrogens is 1. The predicted molar refractivity (Wildman–Crippen MR) is 51.8 cm³/mol. The van der Waals surface area contributed by atoms with Crippen molar-refractivity contribution in [2.45, 2.75) is 18.1 Å². The third-order valence-electron chi connectivity index (χ3n) is 1.60. The summed E-state index contributed by atoms with van der Waals surface area (Å²) in [6.07, 6.45) is -4.35. The van der Waals surface area contributed by atoms with Crippen molar-refractivity contribution in [1.82, 2.24) is 4.98 Å². The minimum absolute atomic E-state index is 0.0817. The Labute approximate surface area is 89.5 Å². The minimum Gasteiger partial charge on any atom is -0.396 e. The van der Waals surface area contributed by atoms with E-state index in [9.17, 15) is 13.2 Å². The number of hydrogen-bond acceptors (Lipinski definition) is 3. The van der Waals surface area contributed by atoms with Gasteiger partial charge in [0, 0.05) is 11.4 Å². The SMILES string of the molecule is Cc1cc(C(F)(F)F)cc(SCCO)n1. The van der Waals surface area contributed by atoms with Crippen LogP contribution in [0.5, 0.6) is 0 Å². The number of halogens is 3. The van der Waals surface area contributed by atoms with E-state index in [1.807, 2.05) is 0 Å². The van der Waals surface area contributed by atoms with Crippen LogP contribution in [0.15, 0.2) is 17.2 Å². The maximum absolute atomic E-state index is 12.4. The van der Waals surface area contributed by atoms with Crippen molar-refractivity contribution in [1.29, 1.82) is 0 Å². The number of nitrogens with zero attached hydrogens (tertiary/aromatic N) is 1. The van der Waals surface area contributed by atoms with Gasteiger partial charge in [0.2, 0.25) is 0 Å². The van der Waals surface area contributed by atoms with Crippen LogP contribution in [0.2, 0.25) is 0 Å². The molecule has 0 saturated heterocycles. The van der Waals surface area contributed by atoms with E-state index in [0.29, 0.717) is 11.4 Å². The van der Waals surface area contributed by atoms with Crippen molar-refractivity contribution in [2.24, 2.45) is 0 Å². The number of aliphatic hydroxyl groups excluding tert-OH is 1. The number of aryl methyl sites for hydroxylation is 1. The lowest BCUT2D eigenvalue weighted by molar-refractivity contribution is -0.137. The summed E-state index contributed by atoms with van der Waals surface area (Å²) < 4.78 is 37.2. The highest BCUT2D eigenvalue weighted by Crippen LogP contribution is 2.31. The molecule has 0 atom stereocenters. The molecule has 1 aromatic heterocycles. The quantitative estimate of drug-likeness (QED) is 0.820. The predicted octanol–water partition coefficient (Wildman–Crippen LogP) is 2.49. The van der Waals surface area contributed by atoms with Gasteiger partial charge in [-0.1, -0.05) is 0 Å². The molecular formula is C9H10F3NOS. The second kappa shape index (κ2) is 4.85. The normalized spacial score (nSPS) is 11.8. The van der Waals surface area contributed by atoms with E-state index in [1.54, 1.807) is 0 Å². The maximum Gasteiger partial charge on any atom is 0.416 e. The molecule has 0 fully saturated rings. The summed E-state index contributed by atoms with van der Waals surface area (Å²) >= 11 is 1.10. The lowest BCUT2D eigenvalue weighted by Gasteiger charge is -2.09. The molecule has 0 aromatic carbocycles. The average Bonchev–Trinajstić information content (AvgIpc) is 2.12. The molecule has 1 N–H and O–H groups in total. The number of aliphatic hydroxyl groups is 1. The van der Waals surface area contributed by atoms with E-state index in [2.05, 4.69) is 4.98 Å². The van der Waals surface area contributed by atoms with Crippen LogP contribution >= 0.6 is 11.8 Å². The molecule has 1 aromatic rings. The second-order valence-electron chi connectivity index (χ2n) is 2.91. The van der Waals surface area contributed by atoms with Gasteiger partial charge in [-0.25, -0.2) is 4.98 Å². The first-order valence-electron chi connectivity index (χ1n) is 4.23. The Morgan fingerprint density at radius 1 is 1.40 bits per heavy atom. The molecule has 0 saturated carbocycles. The number of hydrogen-bond donors (Lipinski definition) is 1. The molecule has 2 nitrogen and oxygen atoms in total. The van der Waals surface area contributed by atoms with Gasteiger partial charge in [0.25, 0.3) is 0 Å². The zero-order valence-electron chi connectivity index (χ0n) is 8.01. The Kier molecular flexibility index (Phi) is 3.98. The largest absolute Gasteiger partial charge is 0.416 e. The van der Waals surface area contributed by atoms with Crippen LogP contribution < -0.4 is 0 Å². The van der Waals surface area contributed by atoms with Crippen molar-refractivity contribution in [3.05, 3.63) is 23.4 Å². The fourth-order valence-electron chi connectivity index (χ4n) is 1.03. The van der Waals surface area contributed by atoms with Gasteiger partial charge in [0.1, 0.15) is 0 Å². The van der Waals surface area contributed by atoms with Gasteiger partial charge >= 0.3 is 6.18 Å². The number of rotatable bonds is 3. The van der Waals surface area contributed by atoms with Gasteiger partial charge in [-0.2, -0.15) is 13.2 Å². The van der Waals surface area contributed by atoms with Gasteiger partial charge in [0.15, 0.2) is 0 Å². The molecule has 0 unspecified atom stereocenters. The van der Waals surface area contributed by atoms with Crippen LogP contribution in [0.1, 0.15) is 11.3 Å². The highest BCUT2D eigenvalue weighted by Gasteiger charge is 2.31. The van der Waals surface area contributed by atoms with E-state index >= 15 is 0 Å². The second-order valence-corrected chi connectivity index (χ2v) is 4.02. The highest BCUT2D eigenvalue weighted by atomic mass is 32.2. The Bertz CT molecular complexity index is 341. The molecule has 6 heteroatoms. The zero-order chi connectivity index (χ0) is 11.5. The molecule has 0 amide bonds. The van der Waals surface area contributed by atoms with E-state index < -0.39 is 11.7 Å².